The standard InChI is InChI=1S/C21H21F2N7O/c1-3-31-11-8-14(22)13(15(23)9-11)10-30-16-7-5-4-6-12(16)17(29-30)21-27-19(24)18(26-2)20(25)28-21/h4-9,26H,3,10H2,1-2H3,(H4,24,25,27,28). The molecule has 5 N–H and O–H groups in total. The molecule has 31 heavy (non-hydrogen) atoms. The van der Waals surface area contributed by atoms with Gasteiger partial charge in [0, 0.05) is 30.1 Å². The highest BCUT2D eigenvalue weighted by atomic mass is 19.1. The number of rotatable bonds is 6. The summed E-state index contributed by atoms with van der Waals surface area (Å²) in [6.45, 7) is 1.92. The van der Waals surface area contributed by atoms with E-state index in [0.717, 1.165) is 12.1 Å². The summed E-state index contributed by atoms with van der Waals surface area (Å²) in [4.78, 5) is 8.59. The van der Waals surface area contributed by atoms with E-state index in [1.54, 1.807) is 20.0 Å². The SMILES string of the molecule is CCOc1cc(F)c(Cn2nc(-c3nc(N)c(NC)c(N)n3)c3ccccc32)c(F)c1. The molecule has 0 radical (unpaired) electrons. The zero-order chi connectivity index (χ0) is 22.1. The van der Waals surface area contributed by atoms with Crippen molar-refractivity contribution >= 4 is 28.2 Å². The first-order valence-electron chi connectivity index (χ1n) is 9.60. The van der Waals surface area contributed by atoms with E-state index in [2.05, 4.69) is 20.4 Å². The molecule has 4 aromatic rings. The first kappa shape index (κ1) is 20.3. The summed E-state index contributed by atoms with van der Waals surface area (Å²) in [6.07, 6.45) is 0. The lowest BCUT2D eigenvalue weighted by Gasteiger charge is -2.10. The van der Waals surface area contributed by atoms with E-state index in [4.69, 9.17) is 16.2 Å². The molecule has 0 bridgehead atoms. The Balaban J connectivity index is 1.82. The Kier molecular flexibility index (Phi) is 5.28. The molecule has 0 unspecified atom stereocenters. The Morgan fingerprint density at radius 2 is 1.71 bits per heavy atom. The van der Waals surface area contributed by atoms with Crippen molar-refractivity contribution < 1.29 is 13.5 Å². The predicted octanol–water partition coefficient (Wildman–Crippen LogP) is 3.42. The van der Waals surface area contributed by atoms with Crippen LogP contribution >= 0.6 is 0 Å². The largest absolute Gasteiger partial charge is 0.494 e. The third-order valence-electron chi connectivity index (χ3n) is 4.82. The summed E-state index contributed by atoms with van der Waals surface area (Å²) in [7, 11) is 1.66. The van der Waals surface area contributed by atoms with Crippen LogP contribution in [0.3, 0.4) is 0 Å². The predicted molar refractivity (Wildman–Crippen MR) is 116 cm³/mol. The minimum absolute atomic E-state index is 0.131. The molecule has 10 heteroatoms. The van der Waals surface area contributed by atoms with Gasteiger partial charge in [0.25, 0.3) is 0 Å². The van der Waals surface area contributed by atoms with E-state index >= 15 is 0 Å². The quantitative estimate of drug-likeness (QED) is 0.433. The molecular weight excluding hydrogens is 404 g/mol. The smallest absolute Gasteiger partial charge is 0.184 e. The maximum atomic E-state index is 14.6. The molecule has 2 aromatic carbocycles. The van der Waals surface area contributed by atoms with Gasteiger partial charge in [-0.15, -0.1) is 0 Å². The Labute approximate surface area is 176 Å². The fourth-order valence-electron chi connectivity index (χ4n) is 3.40. The van der Waals surface area contributed by atoms with Crippen LogP contribution in [0, 0.1) is 11.6 Å². The van der Waals surface area contributed by atoms with Gasteiger partial charge in [-0.25, -0.2) is 18.7 Å². The van der Waals surface area contributed by atoms with Crippen molar-refractivity contribution in [3.63, 3.8) is 0 Å². The number of nitrogen functional groups attached to an aromatic ring is 2. The summed E-state index contributed by atoms with van der Waals surface area (Å²) in [5.74, 6) is -0.729. The Morgan fingerprint density at radius 1 is 1.06 bits per heavy atom. The van der Waals surface area contributed by atoms with Gasteiger partial charge in [0.2, 0.25) is 0 Å². The van der Waals surface area contributed by atoms with Gasteiger partial charge in [-0.1, -0.05) is 18.2 Å². The number of nitrogens with zero attached hydrogens (tertiary/aromatic N) is 4. The highest BCUT2D eigenvalue weighted by Gasteiger charge is 2.20. The van der Waals surface area contributed by atoms with Crippen LogP contribution in [0.1, 0.15) is 12.5 Å². The van der Waals surface area contributed by atoms with E-state index in [1.165, 1.54) is 4.68 Å². The van der Waals surface area contributed by atoms with Gasteiger partial charge in [-0.3, -0.25) is 4.68 Å². The third-order valence-corrected chi connectivity index (χ3v) is 4.82. The van der Waals surface area contributed by atoms with E-state index in [0.29, 0.717) is 28.9 Å². The average molecular weight is 425 g/mol. The molecule has 8 nitrogen and oxygen atoms in total. The lowest BCUT2D eigenvalue weighted by Crippen LogP contribution is -2.08. The molecule has 0 amide bonds. The number of aromatic nitrogens is 4. The van der Waals surface area contributed by atoms with Crippen molar-refractivity contribution in [3.05, 3.63) is 53.6 Å². The van der Waals surface area contributed by atoms with Crippen molar-refractivity contribution in [2.24, 2.45) is 0 Å². The van der Waals surface area contributed by atoms with Crippen LogP contribution in [0.4, 0.5) is 26.1 Å². The van der Waals surface area contributed by atoms with Gasteiger partial charge in [0.05, 0.1) is 18.7 Å². The number of fused-ring (bicyclic) bond motifs is 1. The van der Waals surface area contributed by atoms with E-state index in [-0.39, 0.29) is 35.3 Å². The van der Waals surface area contributed by atoms with Crippen molar-refractivity contribution in [2.75, 3.05) is 30.4 Å². The molecule has 0 saturated heterocycles. The highest BCUT2D eigenvalue weighted by molar-refractivity contribution is 5.92. The minimum Gasteiger partial charge on any atom is -0.494 e. The van der Waals surface area contributed by atoms with Crippen molar-refractivity contribution in [1.29, 1.82) is 0 Å². The van der Waals surface area contributed by atoms with Crippen LogP contribution < -0.4 is 21.5 Å². The first-order chi connectivity index (χ1) is 14.9. The Hall–Kier alpha value is -3.95. The second-order valence-corrected chi connectivity index (χ2v) is 6.76. The van der Waals surface area contributed by atoms with Crippen molar-refractivity contribution in [3.8, 4) is 17.3 Å². The van der Waals surface area contributed by atoms with E-state index in [1.807, 2.05) is 18.2 Å². The molecule has 0 fully saturated rings. The highest BCUT2D eigenvalue weighted by Crippen LogP contribution is 2.31. The van der Waals surface area contributed by atoms with Crippen LogP contribution in [0.2, 0.25) is 0 Å². The summed E-state index contributed by atoms with van der Waals surface area (Å²) in [5.41, 5.74) is 13.3. The van der Waals surface area contributed by atoms with Gasteiger partial charge in [0.15, 0.2) is 17.5 Å². The van der Waals surface area contributed by atoms with E-state index < -0.39 is 11.6 Å². The molecule has 2 aromatic heterocycles. The summed E-state index contributed by atoms with van der Waals surface area (Å²) in [6, 6.07) is 9.57. The summed E-state index contributed by atoms with van der Waals surface area (Å²) < 4.78 is 35.9. The molecule has 0 aliphatic rings. The minimum atomic E-state index is -0.715. The Morgan fingerprint density at radius 3 is 2.32 bits per heavy atom. The van der Waals surface area contributed by atoms with Crippen LogP contribution in [0.15, 0.2) is 36.4 Å². The maximum Gasteiger partial charge on any atom is 0.184 e. The molecule has 0 atom stereocenters. The van der Waals surface area contributed by atoms with Crippen molar-refractivity contribution in [2.45, 2.75) is 13.5 Å². The molecule has 160 valence electrons. The topological polar surface area (TPSA) is 117 Å². The van der Waals surface area contributed by atoms with Crippen LogP contribution in [0.5, 0.6) is 5.75 Å². The number of hydrogen-bond donors (Lipinski definition) is 3. The normalized spacial score (nSPS) is 11.1. The van der Waals surface area contributed by atoms with Gasteiger partial charge in [0.1, 0.15) is 28.8 Å². The molecule has 0 aliphatic heterocycles. The summed E-state index contributed by atoms with van der Waals surface area (Å²) in [5, 5.41) is 8.08. The number of para-hydroxylation sites is 1. The lowest BCUT2D eigenvalue weighted by atomic mass is 10.1. The van der Waals surface area contributed by atoms with Crippen LogP contribution in [0.25, 0.3) is 22.4 Å². The number of benzene rings is 2. The van der Waals surface area contributed by atoms with Gasteiger partial charge >= 0.3 is 0 Å². The fraction of sp³-hybridized carbons (Fsp3) is 0.190. The van der Waals surface area contributed by atoms with Gasteiger partial charge in [-0.05, 0) is 13.0 Å². The summed E-state index contributed by atoms with van der Waals surface area (Å²) >= 11 is 0. The fourth-order valence-corrected chi connectivity index (χ4v) is 3.40. The number of nitrogens with one attached hydrogen (secondary N) is 1. The zero-order valence-electron chi connectivity index (χ0n) is 17.0. The molecule has 0 spiro atoms. The van der Waals surface area contributed by atoms with Gasteiger partial charge < -0.3 is 21.5 Å². The number of ether oxygens (including phenoxy) is 1. The molecule has 2 heterocycles. The average Bonchev–Trinajstić information content (AvgIpc) is 3.09. The molecule has 4 rings (SSSR count). The number of halogens is 2. The second-order valence-electron chi connectivity index (χ2n) is 6.76. The molecular formula is C21H21F2N7O. The maximum absolute atomic E-state index is 14.6. The first-order valence-corrected chi connectivity index (χ1v) is 9.60. The van der Waals surface area contributed by atoms with Gasteiger partial charge in [-0.2, -0.15) is 5.10 Å². The Bertz CT molecular complexity index is 1230. The molecule has 0 saturated carbocycles. The van der Waals surface area contributed by atoms with Crippen molar-refractivity contribution in [1.82, 2.24) is 19.7 Å². The number of nitrogens with two attached hydrogens (primary N) is 2. The second kappa shape index (κ2) is 8.05. The number of hydrogen-bond acceptors (Lipinski definition) is 7. The third kappa shape index (κ3) is 3.67. The zero-order valence-corrected chi connectivity index (χ0v) is 17.0. The lowest BCUT2D eigenvalue weighted by molar-refractivity contribution is 0.335. The monoisotopic (exact) mass is 425 g/mol. The molecule has 0 aliphatic carbocycles. The number of anilines is 3. The van der Waals surface area contributed by atoms with Crippen LogP contribution in [-0.2, 0) is 6.54 Å². The van der Waals surface area contributed by atoms with E-state index in [9.17, 15) is 8.78 Å². The van der Waals surface area contributed by atoms with Crippen LogP contribution in [-0.4, -0.2) is 33.4 Å².